The van der Waals surface area contributed by atoms with E-state index in [-0.39, 0.29) is 11.2 Å². The summed E-state index contributed by atoms with van der Waals surface area (Å²) in [5.41, 5.74) is 0.890. The molecule has 28 heavy (non-hydrogen) atoms. The van der Waals surface area contributed by atoms with Crippen LogP contribution in [0.25, 0.3) is 6.08 Å². The third kappa shape index (κ3) is 3.27. The molecule has 1 aromatic heterocycles. The summed E-state index contributed by atoms with van der Waals surface area (Å²) in [6.45, 7) is 4.70. The monoisotopic (exact) mass is 403 g/mol. The summed E-state index contributed by atoms with van der Waals surface area (Å²) < 4.78 is 11.6. The summed E-state index contributed by atoms with van der Waals surface area (Å²) in [7, 11) is 3.41. The molecule has 3 aliphatic rings. The maximum Gasteiger partial charge on any atom is 0.246 e. The van der Waals surface area contributed by atoms with Crippen LogP contribution in [-0.2, 0) is 15.1 Å². The van der Waals surface area contributed by atoms with Crippen molar-refractivity contribution in [3.8, 4) is 5.88 Å². The number of carbonyl (C=O) groups excluding carboxylic acids is 1. The van der Waals surface area contributed by atoms with E-state index in [1.165, 1.54) is 11.0 Å². The smallest absolute Gasteiger partial charge is 0.246 e. The van der Waals surface area contributed by atoms with Gasteiger partial charge in [0.2, 0.25) is 17.1 Å². The highest BCUT2D eigenvalue weighted by atomic mass is 35.5. The highest BCUT2D eigenvalue weighted by Crippen LogP contribution is 2.46. The number of pyridine rings is 1. The van der Waals surface area contributed by atoms with Gasteiger partial charge in [-0.2, -0.15) is 0 Å². The van der Waals surface area contributed by atoms with Crippen molar-refractivity contribution in [2.45, 2.75) is 18.6 Å². The van der Waals surface area contributed by atoms with Crippen LogP contribution in [-0.4, -0.2) is 78.3 Å². The normalized spacial score (nSPS) is 26.3. The lowest BCUT2D eigenvalue weighted by atomic mass is 9.87. The van der Waals surface area contributed by atoms with Crippen molar-refractivity contribution >= 4 is 34.7 Å². The largest absolute Gasteiger partial charge is 0.463 e. The molecular weight excluding hydrogens is 382 g/mol. The molecule has 9 heteroatoms. The molecule has 2 atom stereocenters. The van der Waals surface area contributed by atoms with Gasteiger partial charge in [-0.3, -0.25) is 4.79 Å². The van der Waals surface area contributed by atoms with E-state index in [0.29, 0.717) is 19.1 Å². The molecule has 3 aliphatic heterocycles. The Labute approximate surface area is 168 Å². The standard InChI is InChI=1S/C19H22ClN5O3/c1-19-13-10-12(4-5-14(26)24(2)3)11-21-17(13)28-15(19)16(22-18(20)23-19)25-6-8-27-9-7-25/h4-5,10-11,15H,6-9H2,1-3H3/b5-4+. The van der Waals surface area contributed by atoms with Crippen LogP contribution in [0.5, 0.6) is 5.88 Å². The average Bonchev–Trinajstić information content (AvgIpc) is 2.97. The van der Waals surface area contributed by atoms with E-state index in [9.17, 15) is 4.79 Å². The lowest BCUT2D eigenvalue weighted by Crippen LogP contribution is -2.54. The van der Waals surface area contributed by atoms with Crippen molar-refractivity contribution in [1.29, 1.82) is 0 Å². The lowest BCUT2D eigenvalue weighted by molar-refractivity contribution is -0.123. The van der Waals surface area contributed by atoms with Gasteiger partial charge in [0, 0.05) is 45.0 Å². The number of aromatic nitrogens is 1. The Kier molecular flexibility index (Phi) is 4.84. The Morgan fingerprint density at radius 3 is 2.86 bits per heavy atom. The molecule has 0 spiro atoms. The first-order valence-electron chi connectivity index (χ1n) is 9.11. The van der Waals surface area contributed by atoms with E-state index >= 15 is 0 Å². The van der Waals surface area contributed by atoms with Crippen LogP contribution in [0.3, 0.4) is 0 Å². The van der Waals surface area contributed by atoms with Crippen LogP contribution >= 0.6 is 11.6 Å². The van der Waals surface area contributed by atoms with Gasteiger partial charge >= 0.3 is 0 Å². The lowest BCUT2D eigenvalue weighted by Gasteiger charge is -2.37. The van der Waals surface area contributed by atoms with E-state index in [1.54, 1.807) is 26.4 Å². The molecule has 4 rings (SSSR count). The molecule has 0 aliphatic carbocycles. The minimum absolute atomic E-state index is 0.0960. The third-order valence-corrected chi connectivity index (χ3v) is 5.29. The number of hydrogen-bond acceptors (Lipinski definition) is 7. The minimum atomic E-state index is -0.732. The fraction of sp³-hybridized carbons (Fsp3) is 0.474. The van der Waals surface area contributed by atoms with Crippen molar-refractivity contribution in [1.82, 2.24) is 14.8 Å². The molecule has 0 aromatic carbocycles. The van der Waals surface area contributed by atoms with Gasteiger partial charge in [0.1, 0.15) is 5.54 Å². The quantitative estimate of drug-likeness (QED) is 0.552. The number of amidine groups is 2. The van der Waals surface area contributed by atoms with Gasteiger partial charge in [-0.1, -0.05) is 0 Å². The molecule has 0 N–H and O–H groups in total. The van der Waals surface area contributed by atoms with Crippen molar-refractivity contribution in [3.63, 3.8) is 0 Å². The van der Waals surface area contributed by atoms with E-state index in [2.05, 4.69) is 19.9 Å². The molecule has 0 radical (unpaired) electrons. The van der Waals surface area contributed by atoms with Crippen LogP contribution in [0.4, 0.5) is 0 Å². The van der Waals surface area contributed by atoms with E-state index in [0.717, 1.165) is 30.1 Å². The van der Waals surface area contributed by atoms with Crippen LogP contribution in [0.1, 0.15) is 18.1 Å². The molecular formula is C19H22ClN5O3. The summed E-state index contributed by atoms with van der Waals surface area (Å²) in [6.07, 6.45) is 4.52. The number of carbonyl (C=O) groups is 1. The van der Waals surface area contributed by atoms with Gasteiger partial charge in [0.15, 0.2) is 11.9 Å². The number of rotatable bonds is 2. The molecule has 8 nitrogen and oxygen atoms in total. The molecule has 0 saturated carbocycles. The summed E-state index contributed by atoms with van der Waals surface area (Å²) in [5, 5.41) is 0.195. The number of amides is 1. The van der Waals surface area contributed by atoms with Crippen molar-refractivity contribution in [2.24, 2.45) is 9.98 Å². The number of morpholine rings is 1. The summed E-state index contributed by atoms with van der Waals surface area (Å²) in [4.78, 5) is 29.0. The predicted octanol–water partition coefficient (Wildman–Crippen LogP) is 1.50. The van der Waals surface area contributed by atoms with E-state index in [4.69, 9.17) is 21.1 Å². The zero-order chi connectivity index (χ0) is 19.9. The van der Waals surface area contributed by atoms with Gasteiger partial charge in [-0.25, -0.2) is 15.0 Å². The molecule has 1 saturated heterocycles. The van der Waals surface area contributed by atoms with Gasteiger partial charge < -0.3 is 19.3 Å². The number of fused-ring (bicyclic) bond motifs is 3. The van der Waals surface area contributed by atoms with Gasteiger partial charge in [0.25, 0.3) is 0 Å². The van der Waals surface area contributed by atoms with Crippen molar-refractivity contribution in [3.05, 3.63) is 29.5 Å². The average molecular weight is 404 g/mol. The van der Waals surface area contributed by atoms with Crippen molar-refractivity contribution in [2.75, 3.05) is 40.4 Å². The predicted molar refractivity (Wildman–Crippen MR) is 107 cm³/mol. The molecule has 148 valence electrons. The van der Waals surface area contributed by atoms with Crippen LogP contribution in [0.15, 0.2) is 28.3 Å². The van der Waals surface area contributed by atoms with Gasteiger partial charge in [-0.05, 0) is 36.2 Å². The first-order chi connectivity index (χ1) is 13.4. The number of hydrogen-bond donors (Lipinski definition) is 0. The van der Waals surface area contributed by atoms with E-state index in [1.807, 2.05) is 13.0 Å². The molecule has 0 bridgehead atoms. The first-order valence-corrected chi connectivity index (χ1v) is 9.49. The van der Waals surface area contributed by atoms with E-state index < -0.39 is 11.6 Å². The Hall–Kier alpha value is -2.45. The summed E-state index contributed by atoms with van der Waals surface area (Å²) in [5.74, 6) is 1.17. The van der Waals surface area contributed by atoms with Gasteiger partial charge in [0.05, 0.1) is 13.2 Å². The maximum atomic E-state index is 11.8. The Morgan fingerprint density at radius 1 is 1.39 bits per heavy atom. The number of halogens is 1. The highest BCUT2D eigenvalue weighted by molar-refractivity contribution is 6.66. The number of likely N-dealkylation sites (N-methyl/N-ethyl adjacent to an activating group) is 1. The third-order valence-electron chi connectivity index (χ3n) is 5.12. The fourth-order valence-electron chi connectivity index (χ4n) is 3.52. The molecule has 1 aromatic rings. The SMILES string of the molecule is CN(C)C(=O)/C=C/c1cnc2c(c1)C1(C)N=C(Cl)N=C(N3CCOCC3)C1O2. The minimum Gasteiger partial charge on any atom is -0.463 e. The Morgan fingerprint density at radius 2 is 2.14 bits per heavy atom. The second-order valence-electron chi connectivity index (χ2n) is 7.28. The molecule has 4 heterocycles. The zero-order valence-electron chi connectivity index (χ0n) is 16.1. The molecule has 1 fully saturated rings. The Bertz CT molecular complexity index is 892. The first kappa shape index (κ1) is 18.9. The number of nitrogens with zero attached hydrogens (tertiary/aromatic N) is 5. The fourth-order valence-corrected chi connectivity index (χ4v) is 3.78. The summed E-state index contributed by atoms with van der Waals surface area (Å²) >= 11 is 6.30. The Balaban J connectivity index is 1.67. The summed E-state index contributed by atoms with van der Waals surface area (Å²) in [6, 6.07) is 1.94. The van der Waals surface area contributed by atoms with Gasteiger partial charge in [-0.15, -0.1) is 0 Å². The second kappa shape index (κ2) is 7.18. The molecule has 2 unspecified atom stereocenters. The maximum absolute atomic E-state index is 11.8. The number of aliphatic imine (C=N–C) groups is 2. The topological polar surface area (TPSA) is 79.6 Å². The van der Waals surface area contributed by atoms with Crippen LogP contribution in [0, 0.1) is 0 Å². The zero-order valence-corrected chi connectivity index (χ0v) is 16.8. The van der Waals surface area contributed by atoms with Crippen LogP contribution < -0.4 is 4.74 Å². The number of ether oxygens (including phenoxy) is 2. The second-order valence-corrected chi connectivity index (χ2v) is 7.62. The highest BCUT2D eigenvalue weighted by Gasteiger charge is 2.52. The molecule has 1 amide bonds. The van der Waals surface area contributed by atoms with Crippen LogP contribution in [0.2, 0.25) is 0 Å². The van der Waals surface area contributed by atoms with Crippen molar-refractivity contribution < 1.29 is 14.3 Å².